The van der Waals surface area contributed by atoms with Crippen molar-refractivity contribution in [3.63, 3.8) is 0 Å². The van der Waals surface area contributed by atoms with Crippen LogP contribution in [-0.4, -0.2) is 16.6 Å². The number of benzene rings is 3. The Morgan fingerprint density at radius 1 is 0.886 bits per heavy atom. The molecule has 5 heteroatoms. The summed E-state index contributed by atoms with van der Waals surface area (Å²) in [6.07, 6.45) is 1.69. The zero-order chi connectivity index (χ0) is 24.6. The van der Waals surface area contributed by atoms with Crippen LogP contribution in [0.1, 0.15) is 30.5 Å². The van der Waals surface area contributed by atoms with E-state index in [1.165, 1.54) is 11.8 Å². The molecular formula is C30H27N3OS. The van der Waals surface area contributed by atoms with Gasteiger partial charge >= 0.3 is 0 Å². The quantitative estimate of drug-likeness (QED) is 0.274. The summed E-state index contributed by atoms with van der Waals surface area (Å²) >= 11 is 1.30. The summed E-state index contributed by atoms with van der Waals surface area (Å²) in [5.74, 6) is 0.0534. The molecule has 4 aromatic rings. The summed E-state index contributed by atoms with van der Waals surface area (Å²) in [5, 5.41) is 13.7. The molecule has 0 radical (unpaired) electrons. The lowest BCUT2D eigenvalue weighted by atomic mass is 9.99. The summed E-state index contributed by atoms with van der Waals surface area (Å²) < 4.78 is 0. The molecule has 0 spiro atoms. The normalized spacial score (nSPS) is 10.5. The Bertz CT molecular complexity index is 1340. The maximum absolute atomic E-state index is 13.0. The van der Waals surface area contributed by atoms with Gasteiger partial charge in [0.1, 0.15) is 11.1 Å². The second-order valence-electron chi connectivity index (χ2n) is 8.07. The highest BCUT2D eigenvalue weighted by Crippen LogP contribution is 2.34. The van der Waals surface area contributed by atoms with Gasteiger partial charge in [-0.3, -0.25) is 4.79 Å². The SMILES string of the molecule is CCc1cccc(CC)c1NC(=O)CSc1nc(-c2ccccc2)cc(-c2ccccc2)c1C#N. The first-order chi connectivity index (χ1) is 17.1. The molecule has 0 saturated carbocycles. The predicted molar refractivity (Wildman–Crippen MR) is 144 cm³/mol. The van der Waals surface area contributed by atoms with E-state index >= 15 is 0 Å². The first-order valence-electron chi connectivity index (χ1n) is 11.7. The molecule has 0 aliphatic rings. The molecule has 174 valence electrons. The van der Waals surface area contributed by atoms with E-state index in [1.807, 2.05) is 84.9 Å². The van der Waals surface area contributed by atoms with E-state index in [0.29, 0.717) is 10.6 Å². The molecule has 0 saturated heterocycles. The van der Waals surface area contributed by atoms with Gasteiger partial charge < -0.3 is 5.32 Å². The number of hydrogen-bond donors (Lipinski definition) is 1. The van der Waals surface area contributed by atoms with Crippen LogP contribution in [0.2, 0.25) is 0 Å². The van der Waals surface area contributed by atoms with Crippen LogP contribution in [0.3, 0.4) is 0 Å². The predicted octanol–water partition coefficient (Wildman–Crippen LogP) is 7.14. The summed E-state index contributed by atoms with van der Waals surface area (Å²) in [4.78, 5) is 17.8. The van der Waals surface area contributed by atoms with Crippen molar-refractivity contribution in [2.24, 2.45) is 0 Å². The number of thioether (sulfide) groups is 1. The number of aromatic nitrogens is 1. The Morgan fingerprint density at radius 2 is 1.49 bits per heavy atom. The monoisotopic (exact) mass is 477 g/mol. The molecule has 0 atom stereocenters. The van der Waals surface area contributed by atoms with Crippen molar-refractivity contribution in [2.45, 2.75) is 31.7 Å². The molecule has 0 aliphatic heterocycles. The first kappa shape index (κ1) is 24.3. The summed E-state index contributed by atoms with van der Waals surface area (Å²) in [7, 11) is 0. The standard InChI is InChI=1S/C30H27N3OS/c1-3-21-16-11-17-22(4-2)29(21)33-28(34)20-35-30-26(19-31)25(23-12-7-5-8-13-23)18-27(32-30)24-14-9-6-10-15-24/h5-18H,3-4,20H2,1-2H3,(H,33,34). The number of nitrogens with one attached hydrogen (secondary N) is 1. The number of para-hydroxylation sites is 1. The maximum Gasteiger partial charge on any atom is 0.234 e. The van der Waals surface area contributed by atoms with Crippen LogP contribution in [0.25, 0.3) is 22.4 Å². The summed E-state index contributed by atoms with van der Waals surface area (Å²) in [6.45, 7) is 4.17. The zero-order valence-electron chi connectivity index (χ0n) is 19.9. The average molecular weight is 478 g/mol. The lowest BCUT2D eigenvalue weighted by Crippen LogP contribution is -2.17. The highest BCUT2D eigenvalue weighted by molar-refractivity contribution is 8.00. The summed E-state index contributed by atoms with van der Waals surface area (Å²) in [6, 6.07) is 30.1. The van der Waals surface area contributed by atoms with Crippen LogP contribution in [0.5, 0.6) is 0 Å². The molecule has 4 nitrogen and oxygen atoms in total. The van der Waals surface area contributed by atoms with E-state index in [0.717, 1.165) is 52.0 Å². The van der Waals surface area contributed by atoms with Gasteiger partial charge in [0.05, 0.1) is 17.0 Å². The van der Waals surface area contributed by atoms with E-state index in [9.17, 15) is 10.1 Å². The van der Waals surface area contributed by atoms with Gasteiger partial charge in [0.15, 0.2) is 0 Å². The number of nitriles is 1. The fourth-order valence-corrected chi connectivity index (χ4v) is 4.85. The fraction of sp³-hybridized carbons (Fsp3) is 0.167. The lowest BCUT2D eigenvalue weighted by molar-refractivity contribution is -0.113. The molecule has 0 aliphatic carbocycles. The van der Waals surface area contributed by atoms with Crippen molar-refractivity contribution in [2.75, 3.05) is 11.1 Å². The molecule has 1 amide bonds. The maximum atomic E-state index is 13.0. The molecule has 1 aromatic heterocycles. The summed E-state index contributed by atoms with van der Waals surface area (Å²) in [5.41, 5.74) is 7.12. The molecule has 1 heterocycles. The third-order valence-corrected chi connectivity index (χ3v) is 6.83. The zero-order valence-corrected chi connectivity index (χ0v) is 20.7. The van der Waals surface area contributed by atoms with E-state index in [2.05, 4.69) is 25.2 Å². The number of hydrogen-bond acceptors (Lipinski definition) is 4. The van der Waals surface area contributed by atoms with E-state index < -0.39 is 0 Å². The molecular weight excluding hydrogens is 450 g/mol. The van der Waals surface area contributed by atoms with Gasteiger partial charge in [-0.05, 0) is 35.6 Å². The van der Waals surface area contributed by atoms with Crippen molar-refractivity contribution in [1.29, 1.82) is 5.26 Å². The van der Waals surface area contributed by atoms with Crippen LogP contribution in [0.4, 0.5) is 5.69 Å². The van der Waals surface area contributed by atoms with Crippen molar-refractivity contribution in [3.8, 4) is 28.5 Å². The second kappa shape index (κ2) is 11.5. The van der Waals surface area contributed by atoms with Gasteiger partial charge in [-0.15, -0.1) is 0 Å². The van der Waals surface area contributed by atoms with Crippen LogP contribution in [0.15, 0.2) is 90.0 Å². The second-order valence-corrected chi connectivity index (χ2v) is 9.04. The van der Waals surface area contributed by atoms with E-state index in [-0.39, 0.29) is 11.7 Å². The van der Waals surface area contributed by atoms with E-state index in [4.69, 9.17) is 4.98 Å². The first-order valence-corrected chi connectivity index (χ1v) is 12.7. The van der Waals surface area contributed by atoms with Crippen LogP contribution in [-0.2, 0) is 17.6 Å². The topological polar surface area (TPSA) is 65.8 Å². The number of carbonyl (C=O) groups is 1. The van der Waals surface area contributed by atoms with Gasteiger partial charge in [-0.25, -0.2) is 4.98 Å². The number of amides is 1. The minimum atomic E-state index is -0.109. The molecule has 3 aromatic carbocycles. The number of anilines is 1. The molecule has 0 fully saturated rings. The molecule has 1 N–H and O–H groups in total. The third kappa shape index (κ3) is 5.62. The highest BCUT2D eigenvalue weighted by atomic mass is 32.2. The Kier molecular flexibility index (Phi) is 7.97. The number of nitrogens with zero attached hydrogens (tertiary/aromatic N) is 2. The minimum Gasteiger partial charge on any atom is -0.325 e. The third-order valence-electron chi connectivity index (χ3n) is 5.86. The number of rotatable bonds is 8. The Labute approximate surface area is 211 Å². The lowest BCUT2D eigenvalue weighted by Gasteiger charge is -2.15. The Balaban J connectivity index is 1.67. The van der Waals surface area contributed by atoms with Gasteiger partial charge in [-0.2, -0.15) is 5.26 Å². The fourth-order valence-electron chi connectivity index (χ4n) is 4.05. The minimum absolute atomic E-state index is 0.109. The van der Waals surface area contributed by atoms with Crippen LogP contribution < -0.4 is 5.32 Å². The number of pyridine rings is 1. The number of aryl methyl sites for hydroxylation is 2. The smallest absolute Gasteiger partial charge is 0.234 e. The van der Waals surface area contributed by atoms with Crippen molar-refractivity contribution in [1.82, 2.24) is 4.98 Å². The highest BCUT2D eigenvalue weighted by Gasteiger charge is 2.18. The molecule has 0 unspecified atom stereocenters. The van der Waals surface area contributed by atoms with Crippen LogP contribution >= 0.6 is 11.8 Å². The van der Waals surface area contributed by atoms with Gasteiger partial charge in [0, 0.05) is 16.8 Å². The molecule has 0 bridgehead atoms. The van der Waals surface area contributed by atoms with Gasteiger partial charge in [0.25, 0.3) is 0 Å². The average Bonchev–Trinajstić information content (AvgIpc) is 2.92. The van der Waals surface area contributed by atoms with Crippen molar-refractivity contribution >= 4 is 23.4 Å². The van der Waals surface area contributed by atoms with Crippen molar-refractivity contribution in [3.05, 3.63) is 102 Å². The van der Waals surface area contributed by atoms with Gasteiger partial charge in [-0.1, -0.05) is 104 Å². The van der Waals surface area contributed by atoms with Crippen LogP contribution in [0, 0.1) is 11.3 Å². The van der Waals surface area contributed by atoms with Crippen molar-refractivity contribution < 1.29 is 4.79 Å². The Hall–Kier alpha value is -3.88. The van der Waals surface area contributed by atoms with Gasteiger partial charge in [0.2, 0.25) is 5.91 Å². The molecule has 35 heavy (non-hydrogen) atoms. The number of carbonyl (C=O) groups excluding carboxylic acids is 1. The Morgan fingerprint density at radius 3 is 2.06 bits per heavy atom. The molecule has 4 rings (SSSR count). The largest absolute Gasteiger partial charge is 0.325 e. The van der Waals surface area contributed by atoms with E-state index in [1.54, 1.807) is 0 Å².